The quantitative estimate of drug-likeness (QED) is 0.922. The summed E-state index contributed by atoms with van der Waals surface area (Å²) in [6.45, 7) is 4.38. The van der Waals surface area contributed by atoms with Crippen LogP contribution in [0.2, 0.25) is 5.02 Å². The van der Waals surface area contributed by atoms with Crippen molar-refractivity contribution in [2.45, 2.75) is 26.8 Å². The minimum atomic E-state index is 0.400. The Kier molecular flexibility index (Phi) is 4.40. The van der Waals surface area contributed by atoms with Crippen molar-refractivity contribution in [2.75, 3.05) is 0 Å². The van der Waals surface area contributed by atoms with Crippen molar-refractivity contribution in [3.63, 3.8) is 0 Å². The highest BCUT2D eigenvalue weighted by Crippen LogP contribution is 2.27. The molecule has 2 rings (SSSR count). The molecule has 3 nitrogen and oxygen atoms in total. The number of nitrogens with zero attached hydrogens (tertiary/aromatic N) is 1. The standard InChI is InChI=1S/C15H17ClN2O/c1-3-11-8-13(6-7-14(11)16)19-15-12(9-17)5-4-10(2)18-15/h4-8H,3,9,17H2,1-2H3. The van der Waals surface area contributed by atoms with Crippen LogP contribution in [0.25, 0.3) is 0 Å². The van der Waals surface area contributed by atoms with E-state index in [2.05, 4.69) is 11.9 Å². The number of hydrogen-bond donors (Lipinski definition) is 1. The van der Waals surface area contributed by atoms with Crippen LogP contribution in [-0.2, 0) is 13.0 Å². The van der Waals surface area contributed by atoms with E-state index in [0.29, 0.717) is 12.4 Å². The molecular weight excluding hydrogens is 260 g/mol. The molecule has 0 atom stereocenters. The molecule has 0 fully saturated rings. The van der Waals surface area contributed by atoms with Gasteiger partial charge in [-0.3, -0.25) is 0 Å². The number of nitrogens with two attached hydrogens (primary N) is 1. The molecule has 4 heteroatoms. The highest BCUT2D eigenvalue weighted by Gasteiger charge is 2.07. The minimum absolute atomic E-state index is 0.400. The van der Waals surface area contributed by atoms with E-state index >= 15 is 0 Å². The number of ether oxygens (including phenoxy) is 1. The van der Waals surface area contributed by atoms with Crippen molar-refractivity contribution in [3.05, 3.63) is 52.2 Å². The maximum absolute atomic E-state index is 6.09. The zero-order valence-electron chi connectivity index (χ0n) is 11.1. The van der Waals surface area contributed by atoms with Crippen LogP contribution < -0.4 is 10.5 Å². The normalized spacial score (nSPS) is 10.5. The number of aryl methyl sites for hydroxylation is 2. The fourth-order valence-electron chi connectivity index (χ4n) is 1.80. The van der Waals surface area contributed by atoms with Crippen LogP contribution in [0, 0.1) is 6.92 Å². The molecule has 2 aromatic rings. The Morgan fingerprint density at radius 3 is 2.68 bits per heavy atom. The van der Waals surface area contributed by atoms with E-state index in [9.17, 15) is 0 Å². The molecule has 100 valence electrons. The Balaban J connectivity index is 2.33. The third kappa shape index (κ3) is 3.25. The van der Waals surface area contributed by atoms with Crippen molar-refractivity contribution in [1.82, 2.24) is 4.98 Å². The number of aromatic nitrogens is 1. The molecule has 0 unspecified atom stereocenters. The van der Waals surface area contributed by atoms with Crippen LogP contribution in [0.15, 0.2) is 30.3 Å². The second kappa shape index (κ2) is 6.04. The molecule has 1 heterocycles. The van der Waals surface area contributed by atoms with E-state index in [1.807, 2.05) is 37.3 Å². The lowest BCUT2D eigenvalue weighted by Crippen LogP contribution is -2.02. The highest BCUT2D eigenvalue weighted by molar-refractivity contribution is 6.31. The maximum Gasteiger partial charge on any atom is 0.223 e. The van der Waals surface area contributed by atoms with E-state index in [-0.39, 0.29) is 0 Å². The number of hydrogen-bond acceptors (Lipinski definition) is 3. The van der Waals surface area contributed by atoms with Crippen LogP contribution in [0.1, 0.15) is 23.7 Å². The first-order chi connectivity index (χ1) is 9.13. The summed E-state index contributed by atoms with van der Waals surface area (Å²) in [5, 5.41) is 0.756. The predicted octanol–water partition coefficient (Wildman–Crippen LogP) is 3.86. The fraction of sp³-hybridized carbons (Fsp3) is 0.267. The molecule has 0 radical (unpaired) electrons. The summed E-state index contributed by atoms with van der Waals surface area (Å²) in [4.78, 5) is 4.38. The van der Waals surface area contributed by atoms with Crippen molar-refractivity contribution >= 4 is 11.6 Å². The van der Waals surface area contributed by atoms with Gasteiger partial charge in [0.2, 0.25) is 5.88 Å². The Morgan fingerprint density at radius 1 is 1.21 bits per heavy atom. The average Bonchev–Trinajstić information content (AvgIpc) is 2.41. The Morgan fingerprint density at radius 2 is 2.00 bits per heavy atom. The number of rotatable bonds is 4. The van der Waals surface area contributed by atoms with Crippen molar-refractivity contribution in [1.29, 1.82) is 0 Å². The molecule has 1 aromatic carbocycles. The monoisotopic (exact) mass is 276 g/mol. The maximum atomic E-state index is 6.09. The molecule has 0 amide bonds. The summed E-state index contributed by atoms with van der Waals surface area (Å²) in [7, 11) is 0. The summed E-state index contributed by atoms with van der Waals surface area (Å²) < 4.78 is 5.83. The molecule has 0 aliphatic heterocycles. The third-order valence-corrected chi connectivity index (χ3v) is 3.28. The van der Waals surface area contributed by atoms with Crippen molar-refractivity contribution < 1.29 is 4.74 Å². The van der Waals surface area contributed by atoms with Gasteiger partial charge in [0.1, 0.15) is 5.75 Å². The van der Waals surface area contributed by atoms with E-state index in [0.717, 1.165) is 34.0 Å². The Labute approximate surface area is 118 Å². The largest absolute Gasteiger partial charge is 0.439 e. The molecule has 0 bridgehead atoms. The summed E-state index contributed by atoms with van der Waals surface area (Å²) in [5.41, 5.74) is 8.54. The number of halogens is 1. The van der Waals surface area contributed by atoms with Crippen LogP contribution in [0.4, 0.5) is 0 Å². The SMILES string of the molecule is CCc1cc(Oc2nc(C)ccc2CN)ccc1Cl. The van der Waals surface area contributed by atoms with Gasteiger partial charge in [0.05, 0.1) is 0 Å². The second-order valence-electron chi connectivity index (χ2n) is 4.33. The van der Waals surface area contributed by atoms with E-state index in [1.54, 1.807) is 0 Å². The molecule has 0 saturated heterocycles. The first-order valence-corrected chi connectivity index (χ1v) is 6.64. The van der Waals surface area contributed by atoms with Gasteiger partial charge in [-0.1, -0.05) is 24.6 Å². The van der Waals surface area contributed by atoms with Gasteiger partial charge in [-0.2, -0.15) is 0 Å². The second-order valence-corrected chi connectivity index (χ2v) is 4.74. The lowest BCUT2D eigenvalue weighted by atomic mass is 10.1. The molecule has 1 aromatic heterocycles. The van der Waals surface area contributed by atoms with Crippen molar-refractivity contribution in [2.24, 2.45) is 5.73 Å². The summed E-state index contributed by atoms with van der Waals surface area (Å²) in [6, 6.07) is 9.48. The Hall–Kier alpha value is -1.58. The third-order valence-electron chi connectivity index (χ3n) is 2.91. The zero-order chi connectivity index (χ0) is 13.8. The molecular formula is C15H17ClN2O. The van der Waals surface area contributed by atoms with Gasteiger partial charge >= 0.3 is 0 Å². The zero-order valence-corrected chi connectivity index (χ0v) is 11.9. The molecule has 2 N–H and O–H groups in total. The van der Waals surface area contributed by atoms with Gasteiger partial charge in [-0.05, 0) is 43.2 Å². The van der Waals surface area contributed by atoms with E-state index < -0.39 is 0 Å². The van der Waals surface area contributed by atoms with Crippen LogP contribution in [0.5, 0.6) is 11.6 Å². The lowest BCUT2D eigenvalue weighted by molar-refractivity contribution is 0.454. The number of benzene rings is 1. The molecule has 0 saturated carbocycles. The minimum Gasteiger partial charge on any atom is -0.439 e. The predicted molar refractivity (Wildman–Crippen MR) is 77.8 cm³/mol. The van der Waals surface area contributed by atoms with Crippen LogP contribution >= 0.6 is 11.6 Å². The van der Waals surface area contributed by atoms with E-state index in [1.165, 1.54) is 0 Å². The molecule has 0 spiro atoms. The lowest BCUT2D eigenvalue weighted by Gasteiger charge is -2.11. The van der Waals surface area contributed by atoms with Crippen molar-refractivity contribution in [3.8, 4) is 11.6 Å². The first-order valence-electron chi connectivity index (χ1n) is 6.27. The smallest absolute Gasteiger partial charge is 0.223 e. The Bertz CT molecular complexity index is 584. The highest BCUT2D eigenvalue weighted by atomic mass is 35.5. The van der Waals surface area contributed by atoms with Crippen LogP contribution in [0.3, 0.4) is 0 Å². The topological polar surface area (TPSA) is 48.1 Å². The summed E-state index contributed by atoms with van der Waals surface area (Å²) >= 11 is 6.09. The van der Waals surface area contributed by atoms with Gasteiger partial charge in [0.15, 0.2) is 0 Å². The van der Waals surface area contributed by atoms with E-state index in [4.69, 9.17) is 22.1 Å². The molecule has 0 aliphatic rings. The van der Waals surface area contributed by atoms with Crippen LogP contribution in [-0.4, -0.2) is 4.98 Å². The first kappa shape index (κ1) is 13.8. The summed E-state index contributed by atoms with van der Waals surface area (Å²) in [6.07, 6.45) is 0.862. The van der Waals surface area contributed by atoms with Gasteiger partial charge in [0, 0.05) is 22.8 Å². The average molecular weight is 277 g/mol. The summed E-state index contributed by atoms with van der Waals surface area (Å²) in [5.74, 6) is 1.29. The molecule has 19 heavy (non-hydrogen) atoms. The fourth-order valence-corrected chi connectivity index (χ4v) is 2.05. The van der Waals surface area contributed by atoms with Gasteiger partial charge in [-0.25, -0.2) is 4.98 Å². The van der Waals surface area contributed by atoms with Gasteiger partial charge < -0.3 is 10.5 Å². The number of pyridine rings is 1. The molecule has 0 aliphatic carbocycles. The van der Waals surface area contributed by atoms with Gasteiger partial charge in [0.25, 0.3) is 0 Å². The van der Waals surface area contributed by atoms with Gasteiger partial charge in [-0.15, -0.1) is 0 Å².